The molecule has 31 heavy (non-hydrogen) atoms. The number of sulfone groups is 1. The first-order valence-electron chi connectivity index (χ1n) is 9.76. The Morgan fingerprint density at radius 2 is 1.68 bits per heavy atom. The van der Waals surface area contributed by atoms with Gasteiger partial charge in [-0.1, -0.05) is 18.2 Å². The summed E-state index contributed by atoms with van der Waals surface area (Å²) < 4.78 is 28.8. The first-order valence-corrected chi connectivity index (χ1v) is 11.7. The van der Waals surface area contributed by atoms with E-state index >= 15 is 0 Å². The summed E-state index contributed by atoms with van der Waals surface area (Å²) in [6.45, 7) is 3.72. The van der Waals surface area contributed by atoms with Gasteiger partial charge in [-0.25, -0.2) is 8.42 Å². The van der Waals surface area contributed by atoms with Crippen LogP contribution in [0.4, 0.5) is 11.4 Å². The summed E-state index contributed by atoms with van der Waals surface area (Å²) in [5.74, 6) is -0.174. The molecule has 2 amide bonds. The van der Waals surface area contributed by atoms with Crippen molar-refractivity contribution in [3.8, 4) is 11.1 Å². The van der Waals surface area contributed by atoms with Gasteiger partial charge in [0.2, 0.25) is 5.91 Å². The van der Waals surface area contributed by atoms with Crippen LogP contribution < -0.4 is 9.80 Å². The Hall–Kier alpha value is -3.39. The smallest absolute Gasteiger partial charge is 0.294 e. The highest BCUT2D eigenvalue weighted by molar-refractivity contribution is 7.90. The molecule has 0 saturated carbocycles. The van der Waals surface area contributed by atoms with Gasteiger partial charge in [-0.2, -0.15) is 0 Å². The van der Waals surface area contributed by atoms with Crippen molar-refractivity contribution in [2.45, 2.75) is 24.8 Å². The Kier molecular flexibility index (Phi) is 5.18. The zero-order valence-electron chi connectivity index (χ0n) is 17.4. The topological polar surface area (TPSA) is 87.9 Å². The van der Waals surface area contributed by atoms with Gasteiger partial charge in [0.15, 0.2) is 15.6 Å². The minimum absolute atomic E-state index is 0.107. The zero-order valence-corrected chi connectivity index (χ0v) is 18.2. The minimum Gasteiger partial charge on any atom is -0.459 e. The third kappa shape index (κ3) is 3.86. The van der Waals surface area contributed by atoms with Crippen molar-refractivity contribution < 1.29 is 22.4 Å². The van der Waals surface area contributed by atoms with Crippen molar-refractivity contribution in [1.29, 1.82) is 0 Å². The van der Waals surface area contributed by atoms with Gasteiger partial charge in [0.25, 0.3) is 5.91 Å². The number of rotatable bonds is 3. The van der Waals surface area contributed by atoms with Crippen LogP contribution in [0.1, 0.15) is 24.4 Å². The van der Waals surface area contributed by atoms with Crippen molar-refractivity contribution in [3.05, 3.63) is 66.6 Å². The van der Waals surface area contributed by atoms with Gasteiger partial charge in [-0.3, -0.25) is 9.59 Å². The number of hydrogen-bond acceptors (Lipinski definition) is 5. The molecule has 2 aromatic carbocycles. The molecule has 4 rings (SSSR count). The first-order chi connectivity index (χ1) is 14.7. The lowest BCUT2D eigenvalue weighted by molar-refractivity contribution is -0.117. The Morgan fingerprint density at radius 1 is 1.00 bits per heavy atom. The molecule has 0 bridgehead atoms. The fraction of sp³-hybridized carbons (Fsp3) is 0.217. The van der Waals surface area contributed by atoms with E-state index in [4.69, 9.17) is 4.42 Å². The van der Waals surface area contributed by atoms with Crippen LogP contribution in [-0.4, -0.2) is 39.1 Å². The number of benzene rings is 2. The largest absolute Gasteiger partial charge is 0.459 e. The van der Waals surface area contributed by atoms with E-state index in [1.54, 1.807) is 46.2 Å². The van der Waals surface area contributed by atoms with Gasteiger partial charge in [0, 0.05) is 19.7 Å². The van der Waals surface area contributed by atoms with Crippen molar-refractivity contribution >= 4 is 33.0 Å². The van der Waals surface area contributed by atoms with Crippen LogP contribution in [0.5, 0.6) is 0 Å². The van der Waals surface area contributed by atoms with E-state index in [1.165, 1.54) is 13.2 Å². The molecule has 0 saturated heterocycles. The maximum atomic E-state index is 13.1. The molecule has 1 aliphatic rings. The molecular formula is C23H22N2O5S. The SMILES string of the molecule is CC(=O)N1c2ccc(-c3ccc(S(C)(=O)=O)cc3)cc2N(C(=O)c2ccco2)C[C@@H]1C. The monoisotopic (exact) mass is 438 g/mol. The van der Waals surface area contributed by atoms with Crippen LogP contribution in [0.2, 0.25) is 0 Å². The summed E-state index contributed by atoms with van der Waals surface area (Å²) in [6, 6.07) is 15.1. The Balaban J connectivity index is 1.81. The second-order valence-electron chi connectivity index (χ2n) is 7.63. The van der Waals surface area contributed by atoms with Crippen LogP contribution in [-0.2, 0) is 14.6 Å². The fourth-order valence-corrected chi connectivity index (χ4v) is 4.54. The highest BCUT2D eigenvalue weighted by Gasteiger charge is 2.35. The number of carbonyl (C=O) groups excluding carboxylic acids is 2. The highest BCUT2D eigenvalue weighted by atomic mass is 32.2. The molecule has 0 fully saturated rings. The number of fused-ring (bicyclic) bond motifs is 1. The summed E-state index contributed by atoms with van der Waals surface area (Å²) in [7, 11) is -3.29. The van der Waals surface area contributed by atoms with Gasteiger partial charge >= 0.3 is 0 Å². The Bertz CT molecular complexity index is 1250. The van der Waals surface area contributed by atoms with Gasteiger partial charge in [-0.05, 0) is 54.4 Å². The lowest BCUT2D eigenvalue weighted by atomic mass is 10.0. The van der Waals surface area contributed by atoms with Gasteiger partial charge in [-0.15, -0.1) is 0 Å². The standard InChI is InChI=1S/C23H22N2O5S/c1-15-14-24(23(27)22-5-4-12-30-22)21-13-18(8-11-20(21)25(15)16(2)26)17-6-9-19(10-7-17)31(3,28)29/h4-13,15H,14H2,1-3H3/t15-/m0/s1. The first kappa shape index (κ1) is 20.9. The summed E-state index contributed by atoms with van der Waals surface area (Å²) >= 11 is 0. The van der Waals surface area contributed by atoms with Crippen molar-refractivity contribution in [2.24, 2.45) is 0 Å². The van der Waals surface area contributed by atoms with Crippen LogP contribution in [0.15, 0.2) is 70.2 Å². The molecular weight excluding hydrogens is 416 g/mol. The predicted molar refractivity (Wildman–Crippen MR) is 118 cm³/mol. The van der Waals surface area contributed by atoms with Crippen molar-refractivity contribution in [1.82, 2.24) is 0 Å². The van der Waals surface area contributed by atoms with Crippen LogP contribution in [0.3, 0.4) is 0 Å². The second-order valence-corrected chi connectivity index (χ2v) is 9.65. The van der Waals surface area contributed by atoms with Gasteiger partial charge in [0.05, 0.1) is 28.6 Å². The summed E-state index contributed by atoms with van der Waals surface area (Å²) in [5.41, 5.74) is 2.84. The third-order valence-electron chi connectivity index (χ3n) is 5.35. The van der Waals surface area contributed by atoms with Gasteiger partial charge < -0.3 is 14.2 Å². The lowest BCUT2D eigenvalue weighted by Crippen LogP contribution is -2.51. The molecule has 1 aromatic heterocycles. The van der Waals surface area contributed by atoms with E-state index in [1.807, 2.05) is 25.1 Å². The van der Waals surface area contributed by atoms with E-state index in [9.17, 15) is 18.0 Å². The van der Waals surface area contributed by atoms with Crippen molar-refractivity contribution in [2.75, 3.05) is 22.6 Å². The maximum absolute atomic E-state index is 13.1. The zero-order chi connectivity index (χ0) is 22.3. The average Bonchev–Trinajstić information content (AvgIpc) is 3.26. The van der Waals surface area contributed by atoms with E-state index < -0.39 is 9.84 Å². The Morgan fingerprint density at radius 3 is 2.26 bits per heavy atom. The number of hydrogen-bond donors (Lipinski definition) is 0. The van der Waals surface area contributed by atoms with Crippen molar-refractivity contribution in [3.63, 3.8) is 0 Å². The number of carbonyl (C=O) groups is 2. The van der Waals surface area contributed by atoms with Crippen LogP contribution >= 0.6 is 0 Å². The highest BCUT2D eigenvalue weighted by Crippen LogP contribution is 2.39. The molecule has 1 atom stereocenters. The summed E-state index contributed by atoms with van der Waals surface area (Å²) in [6.07, 6.45) is 2.61. The second kappa shape index (κ2) is 7.70. The molecule has 1 aliphatic heterocycles. The predicted octanol–water partition coefficient (Wildman–Crippen LogP) is 3.75. The minimum atomic E-state index is -3.29. The van der Waals surface area contributed by atoms with Crippen LogP contribution in [0, 0.1) is 0 Å². The summed E-state index contributed by atoms with van der Waals surface area (Å²) in [4.78, 5) is 29.0. The van der Waals surface area contributed by atoms with E-state index in [0.29, 0.717) is 17.9 Å². The maximum Gasteiger partial charge on any atom is 0.294 e. The van der Waals surface area contributed by atoms with Gasteiger partial charge in [0.1, 0.15) is 0 Å². The third-order valence-corrected chi connectivity index (χ3v) is 6.47. The molecule has 7 nitrogen and oxygen atoms in total. The number of nitrogens with zero attached hydrogens (tertiary/aromatic N) is 2. The quantitative estimate of drug-likeness (QED) is 0.621. The molecule has 0 radical (unpaired) electrons. The fourth-order valence-electron chi connectivity index (χ4n) is 3.90. The Labute approximate surface area is 180 Å². The molecule has 0 N–H and O–H groups in total. The number of amides is 2. The molecule has 2 heterocycles. The summed E-state index contributed by atoms with van der Waals surface area (Å²) in [5, 5.41) is 0. The molecule has 160 valence electrons. The number of furan rings is 1. The number of anilines is 2. The molecule has 8 heteroatoms. The van der Waals surface area contributed by atoms with E-state index in [-0.39, 0.29) is 28.5 Å². The molecule has 3 aromatic rings. The lowest BCUT2D eigenvalue weighted by Gasteiger charge is -2.40. The molecule has 0 spiro atoms. The van der Waals surface area contributed by atoms with E-state index in [0.717, 1.165) is 17.4 Å². The van der Waals surface area contributed by atoms with Crippen LogP contribution in [0.25, 0.3) is 11.1 Å². The average molecular weight is 439 g/mol. The van der Waals surface area contributed by atoms with E-state index in [2.05, 4.69) is 0 Å². The molecule has 0 unspecified atom stereocenters. The normalized spacial score (nSPS) is 16.2. The molecule has 0 aliphatic carbocycles.